The molecular weight excluding hydrogens is 440 g/mol. The Morgan fingerprint density at radius 2 is 1.53 bits per heavy atom. The lowest BCUT2D eigenvalue weighted by atomic mass is 9.94. The molecule has 0 spiro atoms. The van der Waals surface area contributed by atoms with Gasteiger partial charge in [-0.2, -0.15) is 26.3 Å². The van der Waals surface area contributed by atoms with Crippen LogP contribution in [0.5, 0.6) is 11.5 Å². The lowest BCUT2D eigenvalue weighted by Crippen LogP contribution is -2.17. The van der Waals surface area contributed by atoms with Crippen LogP contribution in [0.2, 0.25) is 0 Å². The van der Waals surface area contributed by atoms with Crippen molar-refractivity contribution in [2.75, 3.05) is 0 Å². The van der Waals surface area contributed by atoms with Crippen LogP contribution in [-0.4, -0.2) is 16.1 Å². The molecule has 0 amide bonds. The van der Waals surface area contributed by atoms with Crippen LogP contribution in [0.15, 0.2) is 36.5 Å². The van der Waals surface area contributed by atoms with Gasteiger partial charge >= 0.3 is 18.3 Å². The maximum Gasteiger partial charge on any atom is 0.420 e. The number of carboxylic acids is 1. The van der Waals surface area contributed by atoms with Gasteiger partial charge in [-0.15, -0.1) is 0 Å². The Labute approximate surface area is 178 Å². The minimum absolute atomic E-state index is 0.0484. The predicted octanol–water partition coefficient (Wildman–Crippen LogP) is 7.31. The van der Waals surface area contributed by atoms with Gasteiger partial charge < -0.3 is 14.8 Å². The minimum atomic E-state index is -5.22. The molecule has 0 aliphatic carbocycles. The van der Waals surface area contributed by atoms with E-state index in [4.69, 9.17) is 9.84 Å². The maximum absolute atomic E-state index is 13.7. The second-order valence-corrected chi connectivity index (χ2v) is 7.71. The van der Waals surface area contributed by atoms with E-state index in [-0.39, 0.29) is 11.7 Å². The first-order valence-corrected chi connectivity index (χ1v) is 9.54. The number of benzene rings is 2. The van der Waals surface area contributed by atoms with Crippen LogP contribution < -0.4 is 4.74 Å². The number of halogens is 6. The third kappa shape index (κ3) is 4.53. The Morgan fingerprint density at radius 3 is 2.00 bits per heavy atom. The Morgan fingerprint density at radius 1 is 0.969 bits per heavy atom. The van der Waals surface area contributed by atoms with Crippen molar-refractivity contribution in [1.29, 1.82) is 0 Å². The third-order valence-corrected chi connectivity index (χ3v) is 5.12. The monoisotopic (exact) mass is 459 g/mol. The zero-order valence-electron chi connectivity index (χ0n) is 17.2. The van der Waals surface area contributed by atoms with Crippen molar-refractivity contribution >= 4 is 16.9 Å². The Bertz CT molecular complexity index is 1130. The molecule has 3 aromatic rings. The molecule has 0 radical (unpaired) electrons. The van der Waals surface area contributed by atoms with Gasteiger partial charge in [-0.1, -0.05) is 13.8 Å². The highest BCUT2D eigenvalue weighted by Crippen LogP contribution is 2.47. The lowest BCUT2D eigenvalue weighted by molar-refractivity contribution is -0.146. The fraction of sp³-hybridized carbons (Fsp3) is 0.318. The summed E-state index contributed by atoms with van der Waals surface area (Å²) < 4.78 is 87.6. The molecule has 1 aromatic heterocycles. The number of fused-ring (bicyclic) bond motifs is 1. The number of hydrogen-bond acceptors (Lipinski definition) is 2. The van der Waals surface area contributed by atoms with E-state index in [2.05, 4.69) is 4.98 Å². The van der Waals surface area contributed by atoms with E-state index in [0.717, 1.165) is 12.5 Å². The number of aliphatic carboxylic acids is 1. The van der Waals surface area contributed by atoms with Gasteiger partial charge in [0.1, 0.15) is 5.75 Å². The second kappa shape index (κ2) is 8.07. The van der Waals surface area contributed by atoms with Gasteiger partial charge in [0.05, 0.1) is 17.0 Å². The van der Waals surface area contributed by atoms with Crippen molar-refractivity contribution in [2.45, 2.75) is 45.0 Å². The van der Waals surface area contributed by atoms with Gasteiger partial charge in [-0.25, -0.2) is 0 Å². The topological polar surface area (TPSA) is 62.3 Å². The Balaban J connectivity index is 2.23. The number of aromatic nitrogens is 1. The molecule has 0 fully saturated rings. The number of ether oxygens (including phenoxy) is 1. The molecule has 10 heteroatoms. The van der Waals surface area contributed by atoms with E-state index >= 15 is 0 Å². The molecule has 0 saturated carbocycles. The first-order valence-electron chi connectivity index (χ1n) is 9.54. The van der Waals surface area contributed by atoms with E-state index < -0.39 is 46.7 Å². The normalized spacial score (nSPS) is 13.6. The summed E-state index contributed by atoms with van der Waals surface area (Å²) >= 11 is 0. The highest BCUT2D eigenvalue weighted by Gasteiger charge is 2.43. The highest BCUT2D eigenvalue weighted by atomic mass is 19.4. The van der Waals surface area contributed by atoms with Gasteiger partial charge in [-0.3, -0.25) is 4.79 Å². The van der Waals surface area contributed by atoms with E-state index in [1.54, 1.807) is 6.20 Å². The van der Waals surface area contributed by atoms with E-state index in [1.165, 1.54) is 18.2 Å². The van der Waals surface area contributed by atoms with E-state index in [1.807, 2.05) is 13.8 Å². The summed E-state index contributed by atoms with van der Waals surface area (Å²) in [6, 6.07) is 4.90. The number of rotatable bonds is 5. The smallest absolute Gasteiger partial charge is 0.420 e. The van der Waals surface area contributed by atoms with Crippen molar-refractivity contribution < 1.29 is 41.0 Å². The van der Waals surface area contributed by atoms with Crippen molar-refractivity contribution in [3.63, 3.8) is 0 Å². The van der Waals surface area contributed by atoms with Gasteiger partial charge in [0.25, 0.3) is 0 Å². The van der Waals surface area contributed by atoms with Crippen molar-refractivity contribution in [2.24, 2.45) is 0 Å². The van der Waals surface area contributed by atoms with Crippen LogP contribution in [0, 0.1) is 0 Å². The SMILES string of the molecule is CC(C)c1c[nH]c2ccc(Oc3c(C(F)(F)F)cc(C(C)C(=O)O)cc3C(F)(F)F)cc12. The largest absolute Gasteiger partial charge is 0.481 e. The van der Waals surface area contributed by atoms with Crippen molar-refractivity contribution in [1.82, 2.24) is 4.98 Å². The summed E-state index contributed by atoms with van der Waals surface area (Å²) in [6.45, 7) is 4.79. The molecular formula is C22H19F6NO3. The quantitative estimate of drug-likeness (QED) is 0.393. The fourth-order valence-electron chi connectivity index (χ4n) is 3.36. The molecule has 1 atom stereocenters. The second-order valence-electron chi connectivity index (χ2n) is 7.71. The van der Waals surface area contributed by atoms with Crippen LogP contribution >= 0.6 is 0 Å². The summed E-state index contributed by atoms with van der Waals surface area (Å²) in [5.74, 6) is -4.73. The van der Waals surface area contributed by atoms with Crippen LogP contribution in [0.25, 0.3) is 10.9 Å². The Kier molecular flexibility index (Phi) is 5.92. The van der Waals surface area contributed by atoms with Gasteiger partial charge in [-0.05, 0) is 54.3 Å². The molecule has 1 unspecified atom stereocenters. The number of aromatic amines is 1. The number of hydrogen-bond donors (Lipinski definition) is 2. The first-order chi connectivity index (χ1) is 14.7. The third-order valence-electron chi connectivity index (χ3n) is 5.12. The summed E-state index contributed by atoms with van der Waals surface area (Å²) in [6.07, 6.45) is -8.72. The molecule has 0 saturated heterocycles. The molecule has 32 heavy (non-hydrogen) atoms. The summed E-state index contributed by atoms with van der Waals surface area (Å²) in [5, 5.41) is 9.69. The molecule has 172 valence electrons. The van der Waals surface area contributed by atoms with Gasteiger partial charge in [0.15, 0.2) is 5.75 Å². The van der Waals surface area contributed by atoms with Crippen LogP contribution in [0.1, 0.15) is 54.9 Å². The summed E-state index contributed by atoms with van der Waals surface area (Å²) in [4.78, 5) is 14.2. The predicted molar refractivity (Wildman–Crippen MR) is 105 cm³/mol. The van der Waals surface area contributed by atoms with E-state index in [0.29, 0.717) is 23.0 Å². The first kappa shape index (κ1) is 23.5. The van der Waals surface area contributed by atoms with E-state index in [9.17, 15) is 31.1 Å². The maximum atomic E-state index is 13.7. The molecule has 4 nitrogen and oxygen atoms in total. The fourth-order valence-corrected chi connectivity index (χ4v) is 3.36. The van der Waals surface area contributed by atoms with Gasteiger partial charge in [0.2, 0.25) is 0 Å². The molecule has 0 aliphatic rings. The zero-order valence-corrected chi connectivity index (χ0v) is 17.2. The van der Waals surface area contributed by atoms with Crippen LogP contribution in [-0.2, 0) is 17.1 Å². The van der Waals surface area contributed by atoms with Gasteiger partial charge in [0, 0.05) is 17.1 Å². The zero-order chi connectivity index (χ0) is 24.0. The number of H-pyrrole nitrogens is 1. The molecule has 3 rings (SSSR count). The summed E-state index contributed by atoms with van der Waals surface area (Å²) in [5.41, 5.74) is -2.56. The number of alkyl halides is 6. The molecule has 0 aliphatic heterocycles. The number of carboxylic acid groups (broad SMARTS) is 1. The average molecular weight is 459 g/mol. The number of nitrogens with one attached hydrogen (secondary N) is 1. The minimum Gasteiger partial charge on any atom is -0.481 e. The molecule has 0 bridgehead atoms. The van der Waals surface area contributed by atoms with Crippen molar-refractivity contribution in [3.05, 3.63) is 58.8 Å². The standard InChI is InChI=1S/C22H19F6NO3/c1-10(2)15-9-29-18-5-4-13(8-14(15)18)32-19-16(21(23,24)25)6-12(11(3)20(30)31)7-17(19)22(26,27)28/h4-11,29H,1-3H3,(H,30,31). The van der Waals surface area contributed by atoms with Crippen LogP contribution in [0.4, 0.5) is 26.3 Å². The average Bonchev–Trinajstić information content (AvgIpc) is 3.09. The highest BCUT2D eigenvalue weighted by molar-refractivity contribution is 5.85. The molecule has 2 N–H and O–H groups in total. The van der Waals surface area contributed by atoms with Crippen LogP contribution in [0.3, 0.4) is 0 Å². The lowest BCUT2D eigenvalue weighted by Gasteiger charge is -2.21. The molecule has 1 heterocycles. The number of carbonyl (C=O) groups is 1. The van der Waals surface area contributed by atoms with Crippen molar-refractivity contribution in [3.8, 4) is 11.5 Å². The molecule has 2 aromatic carbocycles. The Hall–Kier alpha value is -3.17. The summed E-state index contributed by atoms with van der Waals surface area (Å²) in [7, 11) is 0.